The van der Waals surface area contributed by atoms with Crippen molar-refractivity contribution in [1.29, 1.82) is 0 Å². The van der Waals surface area contributed by atoms with Crippen LogP contribution in [0, 0.1) is 6.92 Å². The second-order valence-corrected chi connectivity index (χ2v) is 9.16. The van der Waals surface area contributed by atoms with Crippen LogP contribution in [0.15, 0.2) is 50.4 Å². The predicted molar refractivity (Wildman–Crippen MR) is 121 cm³/mol. The summed E-state index contributed by atoms with van der Waals surface area (Å²) in [5.74, 6) is 1.57. The van der Waals surface area contributed by atoms with Gasteiger partial charge in [0.2, 0.25) is 0 Å². The molecular weight excluding hydrogens is 422 g/mol. The highest BCUT2D eigenvalue weighted by Crippen LogP contribution is 2.46. The van der Waals surface area contributed by atoms with Crippen LogP contribution in [0.25, 0.3) is 22.2 Å². The number of thioether (sulfide) groups is 1. The molecule has 5 rings (SSSR count). The van der Waals surface area contributed by atoms with Gasteiger partial charge in [0.05, 0.1) is 22.3 Å². The molecular formula is C22H20ClN3O3S. The summed E-state index contributed by atoms with van der Waals surface area (Å²) >= 11 is 7.78. The van der Waals surface area contributed by atoms with E-state index in [0.29, 0.717) is 21.9 Å². The van der Waals surface area contributed by atoms with E-state index in [0.717, 1.165) is 34.8 Å². The zero-order valence-corrected chi connectivity index (χ0v) is 18.4. The first-order valence-electron chi connectivity index (χ1n) is 9.64. The molecule has 3 aromatic heterocycles. The van der Waals surface area contributed by atoms with Crippen LogP contribution in [0.5, 0.6) is 0 Å². The third-order valence-corrected chi connectivity index (χ3v) is 7.11. The van der Waals surface area contributed by atoms with Gasteiger partial charge in [-0.05, 0) is 42.3 Å². The smallest absolute Gasteiger partial charge is 0.331 e. The van der Waals surface area contributed by atoms with Crippen LogP contribution < -0.4 is 11.2 Å². The molecule has 0 bridgehead atoms. The predicted octanol–water partition coefficient (Wildman–Crippen LogP) is 4.10. The summed E-state index contributed by atoms with van der Waals surface area (Å²) in [5.41, 5.74) is 3.85. The van der Waals surface area contributed by atoms with Crippen LogP contribution in [0.3, 0.4) is 0 Å². The quantitative estimate of drug-likeness (QED) is 0.470. The zero-order chi connectivity index (χ0) is 21.2. The maximum Gasteiger partial charge on any atom is 0.331 e. The minimum absolute atomic E-state index is 0.162. The molecule has 0 N–H and O–H groups in total. The van der Waals surface area contributed by atoms with Gasteiger partial charge in [0.1, 0.15) is 11.0 Å². The second-order valence-electron chi connectivity index (χ2n) is 7.58. The first-order valence-corrected chi connectivity index (χ1v) is 11.1. The van der Waals surface area contributed by atoms with E-state index in [9.17, 15) is 9.59 Å². The Morgan fingerprint density at radius 3 is 2.63 bits per heavy atom. The van der Waals surface area contributed by atoms with Gasteiger partial charge in [0, 0.05) is 26.4 Å². The number of aromatic nitrogens is 3. The van der Waals surface area contributed by atoms with Crippen LogP contribution in [-0.2, 0) is 20.6 Å². The van der Waals surface area contributed by atoms with Crippen molar-refractivity contribution < 1.29 is 4.42 Å². The van der Waals surface area contributed by atoms with Crippen LogP contribution in [-0.4, -0.2) is 19.5 Å². The Balaban J connectivity index is 1.97. The Morgan fingerprint density at radius 1 is 1.13 bits per heavy atom. The van der Waals surface area contributed by atoms with Gasteiger partial charge < -0.3 is 8.98 Å². The molecule has 0 saturated heterocycles. The number of halogens is 1. The van der Waals surface area contributed by atoms with Crippen LogP contribution in [0.2, 0.25) is 5.22 Å². The number of benzene rings is 1. The van der Waals surface area contributed by atoms with Gasteiger partial charge in [-0.15, -0.1) is 11.8 Å². The molecule has 30 heavy (non-hydrogen) atoms. The van der Waals surface area contributed by atoms with Crippen molar-refractivity contribution in [1.82, 2.24) is 13.7 Å². The summed E-state index contributed by atoms with van der Waals surface area (Å²) in [6.45, 7) is 2.77. The standard InChI is InChI=1S/C22H20ClN3O3S/c1-12-5-4-6-13(11-12)17-16-18(24(2)22(28)25(3)21(16)27)19-20(30-10-9-26(17)19)14-7-8-15(23)29-14/h4-8,11,20H,9-10H2,1-3H3. The van der Waals surface area contributed by atoms with E-state index >= 15 is 0 Å². The second kappa shape index (κ2) is 6.96. The fraction of sp³-hybridized carbons (Fsp3) is 0.273. The van der Waals surface area contributed by atoms with Gasteiger partial charge in [-0.3, -0.25) is 13.9 Å². The van der Waals surface area contributed by atoms with Gasteiger partial charge in [-0.2, -0.15) is 0 Å². The molecule has 1 aliphatic heterocycles. The van der Waals surface area contributed by atoms with E-state index in [2.05, 4.69) is 10.6 Å². The summed E-state index contributed by atoms with van der Waals surface area (Å²) in [6, 6.07) is 11.7. The molecule has 4 heterocycles. The van der Waals surface area contributed by atoms with Gasteiger partial charge in [0.15, 0.2) is 5.22 Å². The molecule has 0 aliphatic carbocycles. The molecule has 154 valence electrons. The van der Waals surface area contributed by atoms with Crippen molar-refractivity contribution in [2.75, 3.05) is 5.75 Å². The molecule has 6 nitrogen and oxygen atoms in total. The zero-order valence-electron chi connectivity index (χ0n) is 16.8. The van der Waals surface area contributed by atoms with E-state index in [1.54, 1.807) is 29.4 Å². The van der Waals surface area contributed by atoms with Crippen molar-refractivity contribution in [2.24, 2.45) is 14.1 Å². The van der Waals surface area contributed by atoms with Crippen molar-refractivity contribution in [3.63, 3.8) is 0 Å². The molecule has 0 fully saturated rings. The molecule has 1 aromatic carbocycles. The van der Waals surface area contributed by atoms with Gasteiger partial charge in [0.25, 0.3) is 5.56 Å². The Labute approximate surface area is 181 Å². The number of rotatable bonds is 2. The third kappa shape index (κ3) is 2.72. The molecule has 0 radical (unpaired) electrons. The number of hydrogen-bond donors (Lipinski definition) is 0. The Bertz CT molecular complexity index is 1430. The number of furan rings is 1. The van der Waals surface area contributed by atoms with E-state index < -0.39 is 0 Å². The monoisotopic (exact) mass is 441 g/mol. The van der Waals surface area contributed by atoms with E-state index in [1.165, 1.54) is 11.6 Å². The van der Waals surface area contributed by atoms with Crippen molar-refractivity contribution in [3.05, 3.63) is 79.5 Å². The highest BCUT2D eigenvalue weighted by atomic mass is 35.5. The Kier molecular flexibility index (Phi) is 4.48. The highest BCUT2D eigenvalue weighted by molar-refractivity contribution is 7.99. The summed E-state index contributed by atoms with van der Waals surface area (Å²) < 4.78 is 10.7. The fourth-order valence-electron chi connectivity index (χ4n) is 4.36. The molecule has 1 atom stereocenters. The summed E-state index contributed by atoms with van der Waals surface area (Å²) in [6.07, 6.45) is 0. The molecule has 0 spiro atoms. The lowest BCUT2D eigenvalue weighted by Crippen LogP contribution is -2.37. The van der Waals surface area contributed by atoms with Gasteiger partial charge in [-0.1, -0.05) is 23.8 Å². The minimum atomic E-state index is -0.344. The third-order valence-electron chi connectivity index (χ3n) is 5.70. The number of fused-ring (bicyclic) bond motifs is 3. The van der Waals surface area contributed by atoms with Crippen molar-refractivity contribution in [3.8, 4) is 11.3 Å². The van der Waals surface area contributed by atoms with Gasteiger partial charge in [-0.25, -0.2) is 4.79 Å². The van der Waals surface area contributed by atoms with Crippen LogP contribution >= 0.6 is 23.4 Å². The SMILES string of the molecule is Cc1cccc(-c2c3c(=O)n(C)c(=O)n(C)c3c3n2CCSC3c2ccc(Cl)o2)c1. The molecule has 0 amide bonds. The molecule has 1 unspecified atom stereocenters. The van der Waals surface area contributed by atoms with Crippen LogP contribution in [0.1, 0.15) is 22.3 Å². The van der Waals surface area contributed by atoms with Crippen LogP contribution in [0.4, 0.5) is 0 Å². The van der Waals surface area contributed by atoms with E-state index in [-0.39, 0.29) is 16.5 Å². The Morgan fingerprint density at radius 2 is 1.93 bits per heavy atom. The molecule has 8 heteroatoms. The average molecular weight is 442 g/mol. The Hall–Kier alpha value is -2.64. The maximum absolute atomic E-state index is 13.3. The number of aryl methyl sites for hydroxylation is 2. The lowest BCUT2D eigenvalue weighted by atomic mass is 10.1. The van der Waals surface area contributed by atoms with Gasteiger partial charge >= 0.3 is 5.69 Å². The first kappa shape index (κ1) is 19.3. The fourth-order valence-corrected chi connectivity index (χ4v) is 5.72. The highest BCUT2D eigenvalue weighted by Gasteiger charge is 2.34. The summed E-state index contributed by atoms with van der Waals surface area (Å²) in [7, 11) is 3.25. The normalized spacial score (nSPS) is 16.2. The first-order chi connectivity index (χ1) is 14.4. The molecule has 1 aliphatic rings. The largest absolute Gasteiger partial charge is 0.448 e. The van der Waals surface area contributed by atoms with E-state index in [1.807, 2.05) is 31.2 Å². The minimum Gasteiger partial charge on any atom is -0.448 e. The average Bonchev–Trinajstić information content (AvgIpc) is 3.32. The maximum atomic E-state index is 13.3. The number of hydrogen-bond acceptors (Lipinski definition) is 4. The molecule has 0 saturated carbocycles. The lowest BCUT2D eigenvalue weighted by molar-refractivity contribution is 0.511. The number of nitrogens with zero attached hydrogens (tertiary/aromatic N) is 3. The van der Waals surface area contributed by atoms with Crippen molar-refractivity contribution in [2.45, 2.75) is 18.7 Å². The lowest BCUT2D eigenvalue weighted by Gasteiger charge is -2.25. The molecule has 4 aromatic rings. The summed E-state index contributed by atoms with van der Waals surface area (Å²) in [4.78, 5) is 26.1. The van der Waals surface area contributed by atoms with E-state index in [4.69, 9.17) is 16.0 Å². The van der Waals surface area contributed by atoms with Crippen molar-refractivity contribution >= 4 is 34.3 Å². The summed E-state index contributed by atoms with van der Waals surface area (Å²) in [5, 5.41) is 0.720. The topological polar surface area (TPSA) is 62.1 Å².